The first-order valence-corrected chi connectivity index (χ1v) is 6.55. The predicted molar refractivity (Wildman–Crippen MR) is 64.9 cm³/mol. The lowest BCUT2D eigenvalue weighted by Crippen LogP contribution is -2.43. The van der Waals surface area contributed by atoms with Gasteiger partial charge in [0, 0.05) is 25.0 Å². The van der Waals surface area contributed by atoms with Crippen LogP contribution in [-0.2, 0) is 4.79 Å². The second-order valence-corrected chi connectivity index (χ2v) is 6.12. The molecule has 0 aromatic heterocycles. The summed E-state index contributed by atoms with van der Waals surface area (Å²) in [5.41, 5.74) is 6.05. The average molecular weight is 224 g/mol. The molecule has 0 spiro atoms. The van der Waals surface area contributed by atoms with Crippen LogP contribution in [0.25, 0.3) is 0 Å². The van der Waals surface area contributed by atoms with Crippen LogP contribution in [0.1, 0.15) is 46.0 Å². The second kappa shape index (κ2) is 4.36. The van der Waals surface area contributed by atoms with Crippen LogP contribution < -0.4 is 5.73 Å². The largest absolute Gasteiger partial charge is 0.341 e. The standard InChI is InChI=1S/C13H24N2O/c1-13(2)7-4-3-5-11(13)12(16)15-8-6-10(14)9-15/h10-11H,3-9,14H2,1-2H3/t10-,11?/m0/s1. The van der Waals surface area contributed by atoms with E-state index in [9.17, 15) is 4.79 Å². The van der Waals surface area contributed by atoms with Gasteiger partial charge >= 0.3 is 0 Å². The topological polar surface area (TPSA) is 46.3 Å². The fourth-order valence-electron chi connectivity index (χ4n) is 3.16. The van der Waals surface area contributed by atoms with Crippen molar-refractivity contribution in [2.24, 2.45) is 17.1 Å². The summed E-state index contributed by atoms with van der Waals surface area (Å²) < 4.78 is 0. The molecule has 1 amide bonds. The quantitative estimate of drug-likeness (QED) is 0.737. The summed E-state index contributed by atoms with van der Waals surface area (Å²) in [6.45, 7) is 6.12. The molecule has 0 aromatic carbocycles. The highest BCUT2D eigenvalue weighted by Gasteiger charge is 2.40. The Morgan fingerprint density at radius 1 is 1.31 bits per heavy atom. The van der Waals surface area contributed by atoms with Gasteiger partial charge in [-0.05, 0) is 24.7 Å². The number of rotatable bonds is 1. The normalized spacial score (nSPS) is 34.1. The van der Waals surface area contributed by atoms with Crippen molar-refractivity contribution in [3.63, 3.8) is 0 Å². The van der Waals surface area contributed by atoms with Crippen molar-refractivity contribution in [1.29, 1.82) is 0 Å². The summed E-state index contributed by atoms with van der Waals surface area (Å²) in [7, 11) is 0. The highest BCUT2D eigenvalue weighted by molar-refractivity contribution is 5.80. The Labute approximate surface area is 98.4 Å². The van der Waals surface area contributed by atoms with E-state index in [-0.39, 0.29) is 17.4 Å². The molecule has 1 heterocycles. The van der Waals surface area contributed by atoms with E-state index in [2.05, 4.69) is 13.8 Å². The molecular weight excluding hydrogens is 200 g/mol. The molecule has 0 radical (unpaired) electrons. The second-order valence-electron chi connectivity index (χ2n) is 6.12. The number of likely N-dealkylation sites (tertiary alicyclic amines) is 1. The third kappa shape index (κ3) is 2.24. The molecule has 3 nitrogen and oxygen atoms in total. The molecule has 92 valence electrons. The number of nitrogens with two attached hydrogens (primary N) is 1. The van der Waals surface area contributed by atoms with E-state index in [4.69, 9.17) is 5.73 Å². The van der Waals surface area contributed by atoms with E-state index < -0.39 is 0 Å². The molecule has 1 aliphatic heterocycles. The van der Waals surface area contributed by atoms with Gasteiger partial charge in [-0.1, -0.05) is 26.7 Å². The van der Waals surface area contributed by atoms with Gasteiger partial charge in [-0.3, -0.25) is 4.79 Å². The summed E-state index contributed by atoms with van der Waals surface area (Å²) in [5, 5.41) is 0. The van der Waals surface area contributed by atoms with Crippen molar-refractivity contribution in [2.45, 2.75) is 52.0 Å². The predicted octanol–water partition coefficient (Wildman–Crippen LogP) is 1.76. The van der Waals surface area contributed by atoms with E-state index in [1.807, 2.05) is 4.90 Å². The highest BCUT2D eigenvalue weighted by Crippen LogP contribution is 2.41. The van der Waals surface area contributed by atoms with Crippen molar-refractivity contribution >= 4 is 5.91 Å². The van der Waals surface area contributed by atoms with Gasteiger partial charge in [0.2, 0.25) is 5.91 Å². The molecule has 2 N–H and O–H groups in total. The minimum absolute atomic E-state index is 0.183. The number of amides is 1. The summed E-state index contributed by atoms with van der Waals surface area (Å²) in [6.07, 6.45) is 5.70. The highest BCUT2D eigenvalue weighted by atomic mass is 16.2. The molecule has 16 heavy (non-hydrogen) atoms. The van der Waals surface area contributed by atoms with Crippen LogP contribution in [0.15, 0.2) is 0 Å². The van der Waals surface area contributed by atoms with Gasteiger partial charge in [0.05, 0.1) is 0 Å². The van der Waals surface area contributed by atoms with Crippen molar-refractivity contribution in [1.82, 2.24) is 4.90 Å². The third-order valence-electron chi connectivity index (χ3n) is 4.34. The molecule has 1 unspecified atom stereocenters. The summed E-state index contributed by atoms with van der Waals surface area (Å²) in [4.78, 5) is 14.4. The van der Waals surface area contributed by atoms with E-state index in [0.29, 0.717) is 5.91 Å². The van der Waals surface area contributed by atoms with Gasteiger partial charge in [0.1, 0.15) is 0 Å². The Bertz CT molecular complexity index is 275. The zero-order chi connectivity index (χ0) is 11.8. The lowest BCUT2D eigenvalue weighted by atomic mass is 9.68. The first-order chi connectivity index (χ1) is 7.50. The van der Waals surface area contributed by atoms with Crippen LogP contribution >= 0.6 is 0 Å². The van der Waals surface area contributed by atoms with Crippen LogP contribution in [0.3, 0.4) is 0 Å². The minimum atomic E-state index is 0.183. The van der Waals surface area contributed by atoms with Gasteiger partial charge < -0.3 is 10.6 Å². The first kappa shape index (κ1) is 11.9. The SMILES string of the molecule is CC1(C)CCCCC1C(=O)N1CC[C@H](N)C1. The fourth-order valence-corrected chi connectivity index (χ4v) is 3.16. The zero-order valence-electron chi connectivity index (χ0n) is 10.5. The lowest BCUT2D eigenvalue weighted by molar-refractivity contribution is -0.140. The molecule has 0 bridgehead atoms. The maximum Gasteiger partial charge on any atom is 0.226 e. The number of nitrogens with zero attached hydrogens (tertiary/aromatic N) is 1. The van der Waals surface area contributed by atoms with Crippen molar-refractivity contribution in [3.05, 3.63) is 0 Å². The zero-order valence-corrected chi connectivity index (χ0v) is 10.5. The van der Waals surface area contributed by atoms with E-state index in [1.165, 1.54) is 19.3 Å². The van der Waals surface area contributed by atoms with Crippen molar-refractivity contribution < 1.29 is 4.79 Å². The number of hydrogen-bond acceptors (Lipinski definition) is 2. The smallest absolute Gasteiger partial charge is 0.226 e. The maximum atomic E-state index is 12.4. The Balaban J connectivity index is 2.03. The van der Waals surface area contributed by atoms with Crippen LogP contribution in [0.2, 0.25) is 0 Å². The van der Waals surface area contributed by atoms with E-state index in [1.54, 1.807) is 0 Å². The van der Waals surface area contributed by atoms with Crippen LogP contribution in [-0.4, -0.2) is 29.9 Å². The monoisotopic (exact) mass is 224 g/mol. The van der Waals surface area contributed by atoms with Gasteiger partial charge in [-0.2, -0.15) is 0 Å². The number of carbonyl (C=O) groups is 1. The van der Waals surface area contributed by atoms with Gasteiger partial charge in [-0.15, -0.1) is 0 Å². The summed E-state index contributed by atoms with van der Waals surface area (Å²) >= 11 is 0. The number of carbonyl (C=O) groups excluding carboxylic acids is 1. The molecule has 0 aromatic rings. The van der Waals surface area contributed by atoms with Crippen molar-refractivity contribution in [3.8, 4) is 0 Å². The molecule has 1 saturated heterocycles. The molecule has 2 aliphatic rings. The molecule has 2 rings (SSSR count). The van der Waals surface area contributed by atoms with E-state index >= 15 is 0 Å². The Morgan fingerprint density at radius 3 is 2.62 bits per heavy atom. The first-order valence-electron chi connectivity index (χ1n) is 6.55. The average Bonchev–Trinajstić information content (AvgIpc) is 2.63. The third-order valence-corrected chi connectivity index (χ3v) is 4.34. The minimum Gasteiger partial charge on any atom is -0.341 e. The van der Waals surface area contributed by atoms with Gasteiger partial charge in [0.15, 0.2) is 0 Å². The molecule has 1 aliphatic carbocycles. The maximum absolute atomic E-state index is 12.4. The molecule has 2 atom stereocenters. The van der Waals surface area contributed by atoms with Crippen LogP contribution in [0, 0.1) is 11.3 Å². The summed E-state index contributed by atoms with van der Waals surface area (Å²) in [5.74, 6) is 0.587. The van der Waals surface area contributed by atoms with Crippen LogP contribution in [0.4, 0.5) is 0 Å². The molecular formula is C13H24N2O. The Morgan fingerprint density at radius 2 is 2.06 bits per heavy atom. The van der Waals surface area contributed by atoms with Gasteiger partial charge in [-0.25, -0.2) is 0 Å². The van der Waals surface area contributed by atoms with E-state index in [0.717, 1.165) is 25.9 Å². The fraction of sp³-hybridized carbons (Fsp3) is 0.923. The molecule has 3 heteroatoms. The Kier molecular flexibility index (Phi) is 3.24. The lowest BCUT2D eigenvalue weighted by Gasteiger charge is -2.39. The van der Waals surface area contributed by atoms with Crippen LogP contribution in [0.5, 0.6) is 0 Å². The molecule has 1 saturated carbocycles. The van der Waals surface area contributed by atoms with Crippen molar-refractivity contribution in [2.75, 3.05) is 13.1 Å². The summed E-state index contributed by atoms with van der Waals surface area (Å²) in [6, 6.07) is 0.204. The number of hydrogen-bond donors (Lipinski definition) is 1. The van der Waals surface area contributed by atoms with Gasteiger partial charge in [0.25, 0.3) is 0 Å². The Hall–Kier alpha value is -0.570. The molecule has 2 fully saturated rings.